The summed E-state index contributed by atoms with van der Waals surface area (Å²) in [4.78, 5) is 13.8. The molecule has 0 spiro atoms. The van der Waals surface area contributed by atoms with Crippen molar-refractivity contribution in [1.29, 1.82) is 0 Å². The second-order valence-electron chi connectivity index (χ2n) is 5.32. The number of carbonyl (C=O) groups excluding carboxylic acids is 1. The molecule has 0 saturated heterocycles. The van der Waals surface area contributed by atoms with Gasteiger partial charge < -0.3 is 4.90 Å². The summed E-state index contributed by atoms with van der Waals surface area (Å²) in [7, 11) is 0. The third kappa shape index (κ3) is 2.28. The van der Waals surface area contributed by atoms with E-state index in [2.05, 4.69) is 43.0 Å². The third-order valence-electron chi connectivity index (χ3n) is 3.76. The van der Waals surface area contributed by atoms with Crippen molar-refractivity contribution >= 4 is 5.91 Å². The molecule has 2 nitrogen and oxygen atoms in total. The summed E-state index contributed by atoms with van der Waals surface area (Å²) in [5.74, 6) is 6.63. The highest BCUT2D eigenvalue weighted by molar-refractivity contribution is 5.77. The van der Waals surface area contributed by atoms with Crippen LogP contribution in [0, 0.1) is 18.8 Å². The molecule has 3 rings (SSSR count). The van der Waals surface area contributed by atoms with Crippen molar-refractivity contribution < 1.29 is 4.79 Å². The third-order valence-corrected chi connectivity index (χ3v) is 3.76. The summed E-state index contributed by atoms with van der Waals surface area (Å²) in [5, 5.41) is 0. The number of fused-ring (bicyclic) bond motifs is 1. The molecule has 1 aliphatic carbocycles. The van der Waals surface area contributed by atoms with Gasteiger partial charge in [0, 0.05) is 18.1 Å². The number of benzene rings is 1. The number of nitrogens with zero attached hydrogens (tertiary/aromatic N) is 1. The van der Waals surface area contributed by atoms with Crippen molar-refractivity contribution in [3.05, 3.63) is 58.3 Å². The Labute approximate surface area is 119 Å². The average molecular weight is 263 g/mol. The van der Waals surface area contributed by atoms with Crippen molar-refractivity contribution in [2.24, 2.45) is 0 Å². The first-order valence-electron chi connectivity index (χ1n) is 6.94. The Morgan fingerprint density at radius 1 is 1.30 bits per heavy atom. The molecule has 0 fully saturated rings. The number of carbonyl (C=O) groups is 1. The molecule has 1 aromatic carbocycles. The molecule has 0 saturated carbocycles. The lowest BCUT2D eigenvalue weighted by molar-refractivity contribution is -0.127. The van der Waals surface area contributed by atoms with Crippen LogP contribution in [0.25, 0.3) is 0 Å². The van der Waals surface area contributed by atoms with E-state index in [4.69, 9.17) is 0 Å². The van der Waals surface area contributed by atoms with Gasteiger partial charge in [0.05, 0.1) is 12.2 Å². The van der Waals surface area contributed by atoms with Gasteiger partial charge in [-0.15, -0.1) is 0 Å². The fourth-order valence-corrected chi connectivity index (χ4v) is 2.65. The fraction of sp³-hybridized carbons (Fsp3) is 0.278. The normalized spacial score (nSPS) is 16.6. The second kappa shape index (κ2) is 5.02. The minimum atomic E-state index is 0.0688. The molecule has 0 unspecified atom stereocenters. The van der Waals surface area contributed by atoms with Gasteiger partial charge >= 0.3 is 0 Å². The van der Waals surface area contributed by atoms with Crippen molar-refractivity contribution in [2.45, 2.75) is 33.2 Å². The Balaban J connectivity index is 2.17. The zero-order chi connectivity index (χ0) is 14.1. The molecule has 100 valence electrons. The highest BCUT2D eigenvalue weighted by Crippen LogP contribution is 2.26. The number of amides is 1. The van der Waals surface area contributed by atoms with Crippen LogP contribution in [-0.2, 0) is 11.3 Å². The standard InChI is InChI=1S/C18H17NO/c1-13-7-8-17-12-19(14(2)20)18-6-4-3-5-15(18)9-10-16(17)11-13/h4,6-8,11H,3,5,12H2,1-2H3. The van der Waals surface area contributed by atoms with Crippen molar-refractivity contribution in [1.82, 2.24) is 4.90 Å². The van der Waals surface area contributed by atoms with E-state index in [1.54, 1.807) is 6.92 Å². The Bertz CT molecular complexity index is 698. The van der Waals surface area contributed by atoms with Crippen LogP contribution in [0.15, 0.2) is 41.6 Å². The lowest BCUT2D eigenvalue weighted by atomic mass is 9.97. The topological polar surface area (TPSA) is 20.3 Å². The Morgan fingerprint density at radius 3 is 2.95 bits per heavy atom. The smallest absolute Gasteiger partial charge is 0.224 e. The lowest BCUT2D eigenvalue weighted by Crippen LogP contribution is -2.29. The van der Waals surface area contributed by atoms with Crippen molar-refractivity contribution in [3.63, 3.8) is 0 Å². The van der Waals surface area contributed by atoms with Gasteiger partial charge in [0.15, 0.2) is 0 Å². The van der Waals surface area contributed by atoms with E-state index in [1.807, 2.05) is 11.0 Å². The number of rotatable bonds is 0. The summed E-state index contributed by atoms with van der Waals surface area (Å²) in [5.41, 5.74) is 5.41. The molecule has 0 N–H and O–H groups in total. The van der Waals surface area contributed by atoms with E-state index in [-0.39, 0.29) is 5.91 Å². The van der Waals surface area contributed by atoms with Crippen LogP contribution in [0.1, 0.15) is 36.5 Å². The molecular weight excluding hydrogens is 246 g/mol. The number of aryl methyl sites for hydroxylation is 1. The Kier molecular flexibility index (Phi) is 3.20. The summed E-state index contributed by atoms with van der Waals surface area (Å²) in [6, 6.07) is 6.25. The van der Waals surface area contributed by atoms with E-state index >= 15 is 0 Å². The quantitative estimate of drug-likeness (QED) is 0.658. The predicted molar refractivity (Wildman–Crippen MR) is 79.7 cm³/mol. The van der Waals surface area contributed by atoms with Gasteiger partial charge in [0.25, 0.3) is 0 Å². The monoisotopic (exact) mass is 263 g/mol. The summed E-state index contributed by atoms with van der Waals surface area (Å²) in [6.07, 6.45) is 6.08. The minimum absolute atomic E-state index is 0.0688. The Hall–Kier alpha value is -2.27. The lowest BCUT2D eigenvalue weighted by Gasteiger charge is -2.27. The fourth-order valence-electron chi connectivity index (χ4n) is 2.65. The molecule has 0 bridgehead atoms. The molecule has 1 aromatic rings. The SMILES string of the molecule is CC(=O)N1Cc2ccc(C)cc2C#CC2=C1C=CCC2. The highest BCUT2D eigenvalue weighted by atomic mass is 16.2. The van der Waals surface area contributed by atoms with E-state index in [0.29, 0.717) is 6.54 Å². The Morgan fingerprint density at radius 2 is 2.15 bits per heavy atom. The molecule has 0 atom stereocenters. The van der Waals surface area contributed by atoms with Crippen molar-refractivity contribution in [3.8, 4) is 11.8 Å². The van der Waals surface area contributed by atoms with E-state index in [9.17, 15) is 4.79 Å². The zero-order valence-electron chi connectivity index (χ0n) is 11.9. The van der Waals surface area contributed by atoms with Crippen LogP contribution < -0.4 is 0 Å². The van der Waals surface area contributed by atoms with Crippen LogP contribution in [0.2, 0.25) is 0 Å². The van der Waals surface area contributed by atoms with E-state index in [0.717, 1.165) is 35.2 Å². The van der Waals surface area contributed by atoms with Gasteiger partial charge in [-0.1, -0.05) is 30.0 Å². The van der Waals surface area contributed by atoms with Gasteiger partial charge in [-0.2, -0.15) is 0 Å². The first kappa shape index (κ1) is 12.7. The number of allylic oxidation sites excluding steroid dienone is 3. The van der Waals surface area contributed by atoms with Crippen molar-refractivity contribution in [2.75, 3.05) is 0 Å². The molecular formula is C18H17NO. The molecule has 1 aliphatic heterocycles. The second-order valence-corrected chi connectivity index (χ2v) is 5.32. The van der Waals surface area contributed by atoms with Crippen LogP contribution in [0.4, 0.5) is 0 Å². The average Bonchev–Trinajstić information content (AvgIpc) is 2.42. The summed E-state index contributed by atoms with van der Waals surface area (Å²) < 4.78 is 0. The summed E-state index contributed by atoms with van der Waals surface area (Å²) in [6.45, 7) is 4.29. The highest BCUT2D eigenvalue weighted by Gasteiger charge is 2.20. The maximum atomic E-state index is 12.0. The number of hydrogen-bond acceptors (Lipinski definition) is 1. The van der Waals surface area contributed by atoms with Gasteiger partial charge in [0.2, 0.25) is 5.91 Å². The van der Waals surface area contributed by atoms with E-state index < -0.39 is 0 Å². The first-order chi connectivity index (χ1) is 9.65. The number of hydrogen-bond donors (Lipinski definition) is 0. The maximum Gasteiger partial charge on any atom is 0.224 e. The molecule has 0 radical (unpaired) electrons. The zero-order valence-corrected chi connectivity index (χ0v) is 11.9. The summed E-state index contributed by atoms with van der Waals surface area (Å²) >= 11 is 0. The van der Waals surface area contributed by atoms with Gasteiger partial charge in [-0.3, -0.25) is 4.79 Å². The predicted octanol–water partition coefficient (Wildman–Crippen LogP) is 3.31. The van der Waals surface area contributed by atoms with Gasteiger partial charge in [0.1, 0.15) is 0 Å². The minimum Gasteiger partial charge on any atom is -0.307 e. The van der Waals surface area contributed by atoms with E-state index in [1.165, 1.54) is 5.56 Å². The maximum absolute atomic E-state index is 12.0. The molecule has 0 aromatic heterocycles. The molecule has 20 heavy (non-hydrogen) atoms. The van der Waals surface area contributed by atoms with Crippen LogP contribution in [0.5, 0.6) is 0 Å². The first-order valence-corrected chi connectivity index (χ1v) is 6.94. The van der Waals surface area contributed by atoms with Gasteiger partial charge in [-0.05, 0) is 43.0 Å². The van der Waals surface area contributed by atoms with Crippen LogP contribution >= 0.6 is 0 Å². The largest absolute Gasteiger partial charge is 0.307 e. The molecule has 2 aliphatic rings. The van der Waals surface area contributed by atoms with Gasteiger partial charge in [-0.25, -0.2) is 0 Å². The molecule has 1 amide bonds. The van der Waals surface area contributed by atoms with Crippen LogP contribution in [-0.4, -0.2) is 10.8 Å². The van der Waals surface area contributed by atoms with Crippen LogP contribution in [0.3, 0.4) is 0 Å². The molecule has 2 heteroatoms. The molecule has 1 heterocycles.